The second-order valence-corrected chi connectivity index (χ2v) is 3.43. The van der Waals surface area contributed by atoms with Crippen LogP contribution in [0.15, 0.2) is 0 Å². The lowest BCUT2D eigenvalue weighted by Crippen LogP contribution is -2.18. The molecule has 0 amide bonds. The van der Waals surface area contributed by atoms with Gasteiger partial charge in [-0.25, -0.2) is 0 Å². The van der Waals surface area contributed by atoms with Crippen LogP contribution in [-0.4, -0.2) is 6.54 Å². The molecule has 1 aliphatic carbocycles. The number of hydrogen-bond donors (Lipinski definition) is 1. The third kappa shape index (κ3) is 2.24. The van der Waals surface area contributed by atoms with E-state index in [-0.39, 0.29) is 0 Å². The molecule has 0 aromatic rings. The minimum Gasteiger partial charge on any atom is -0.330 e. The van der Waals surface area contributed by atoms with Crippen LogP contribution in [0.4, 0.5) is 0 Å². The van der Waals surface area contributed by atoms with Crippen molar-refractivity contribution in [3.63, 3.8) is 0 Å². The van der Waals surface area contributed by atoms with Crippen molar-refractivity contribution in [2.45, 2.75) is 32.1 Å². The molecule has 1 nitrogen and oxygen atoms in total. The van der Waals surface area contributed by atoms with E-state index in [1.165, 1.54) is 25.7 Å². The Hall–Kier alpha value is -0.480. The Bertz CT molecular complexity index is 145. The molecule has 1 heteroatoms. The molecule has 0 heterocycles. The SMILES string of the molecule is C#CCCC1CCCC1CN. The summed E-state index contributed by atoms with van der Waals surface area (Å²) in [5, 5.41) is 0. The van der Waals surface area contributed by atoms with Gasteiger partial charge in [0.2, 0.25) is 0 Å². The summed E-state index contributed by atoms with van der Waals surface area (Å²) in [5.74, 6) is 4.30. The number of rotatable bonds is 3. The zero-order valence-corrected chi connectivity index (χ0v) is 7.05. The van der Waals surface area contributed by atoms with E-state index in [0.717, 1.165) is 24.8 Å². The maximum atomic E-state index is 5.64. The molecule has 0 bridgehead atoms. The minimum absolute atomic E-state index is 0.767. The van der Waals surface area contributed by atoms with Gasteiger partial charge in [-0.1, -0.05) is 12.8 Å². The van der Waals surface area contributed by atoms with Crippen molar-refractivity contribution < 1.29 is 0 Å². The van der Waals surface area contributed by atoms with Crippen LogP contribution in [0.2, 0.25) is 0 Å². The summed E-state index contributed by atoms with van der Waals surface area (Å²) in [5.41, 5.74) is 5.64. The van der Waals surface area contributed by atoms with Gasteiger partial charge < -0.3 is 5.73 Å². The van der Waals surface area contributed by atoms with Gasteiger partial charge in [0.1, 0.15) is 0 Å². The lowest BCUT2D eigenvalue weighted by molar-refractivity contribution is 0.376. The van der Waals surface area contributed by atoms with Crippen LogP contribution >= 0.6 is 0 Å². The van der Waals surface area contributed by atoms with Gasteiger partial charge in [-0.3, -0.25) is 0 Å². The van der Waals surface area contributed by atoms with Crippen LogP contribution in [0.3, 0.4) is 0 Å². The van der Waals surface area contributed by atoms with Crippen molar-refractivity contribution in [3.05, 3.63) is 0 Å². The van der Waals surface area contributed by atoms with Gasteiger partial charge in [-0.05, 0) is 31.2 Å². The molecule has 1 rings (SSSR count). The Balaban J connectivity index is 2.27. The molecule has 0 aromatic carbocycles. The van der Waals surface area contributed by atoms with Gasteiger partial charge in [0, 0.05) is 6.42 Å². The molecular weight excluding hydrogens is 134 g/mol. The first-order valence-electron chi connectivity index (χ1n) is 4.52. The van der Waals surface area contributed by atoms with Crippen LogP contribution in [-0.2, 0) is 0 Å². The summed E-state index contributed by atoms with van der Waals surface area (Å²) in [7, 11) is 0. The fourth-order valence-electron chi connectivity index (χ4n) is 2.07. The molecule has 1 aliphatic rings. The van der Waals surface area contributed by atoms with E-state index >= 15 is 0 Å². The standard InChI is InChI=1S/C10H17N/c1-2-3-5-9-6-4-7-10(9)8-11/h1,9-10H,3-8,11H2. The van der Waals surface area contributed by atoms with Crippen molar-refractivity contribution in [2.75, 3.05) is 6.54 Å². The zero-order chi connectivity index (χ0) is 8.10. The molecule has 1 saturated carbocycles. The van der Waals surface area contributed by atoms with Crippen molar-refractivity contribution in [2.24, 2.45) is 17.6 Å². The maximum Gasteiger partial charge on any atom is 0.00888 e. The molecule has 0 radical (unpaired) electrons. The van der Waals surface area contributed by atoms with Gasteiger partial charge in [0.15, 0.2) is 0 Å². The van der Waals surface area contributed by atoms with Crippen LogP contribution in [0.25, 0.3) is 0 Å². The first kappa shape index (κ1) is 8.62. The molecule has 2 unspecified atom stereocenters. The Labute approximate surface area is 69.4 Å². The molecule has 0 aromatic heterocycles. The van der Waals surface area contributed by atoms with E-state index in [1.54, 1.807) is 0 Å². The second-order valence-electron chi connectivity index (χ2n) is 3.43. The van der Waals surface area contributed by atoms with Crippen molar-refractivity contribution >= 4 is 0 Å². The van der Waals surface area contributed by atoms with Gasteiger partial charge in [0.05, 0.1) is 0 Å². The third-order valence-corrected chi connectivity index (χ3v) is 2.78. The Morgan fingerprint density at radius 1 is 1.36 bits per heavy atom. The molecule has 11 heavy (non-hydrogen) atoms. The Morgan fingerprint density at radius 2 is 2.09 bits per heavy atom. The summed E-state index contributed by atoms with van der Waals surface area (Å²) in [6.07, 6.45) is 11.4. The average molecular weight is 151 g/mol. The maximum absolute atomic E-state index is 5.64. The molecule has 0 aliphatic heterocycles. The predicted molar refractivity (Wildman–Crippen MR) is 48.0 cm³/mol. The highest BCUT2D eigenvalue weighted by Crippen LogP contribution is 2.33. The minimum atomic E-state index is 0.767. The predicted octanol–water partition coefficient (Wildman–Crippen LogP) is 1.77. The van der Waals surface area contributed by atoms with E-state index < -0.39 is 0 Å². The van der Waals surface area contributed by atoms with Gasteiger partial charge in [0.25, 0.3) is 0 Å². The highest BCUT2D eigenvalue weighted by Gasteiger charge is 2.24. The summed E-state index contributed by atoms with van der Waals surface area (Å²) < 4.78 is 0. The monoisotopic (exact) mass is 151 g/mol. The number of hydrogen-bond acceptors (Lipinski definition) is 1. The molecular formula is C10H17N. The molecule has 62 valence electrons. The smallest absolute Gasteiger partial charge is 0.00888 e. The van der Waals surface area contributed by atoms with Crippen LogP contribution < -0.4 is 5.73 Å². The highest BCUT2D eigenvalue weighted by atomic mass is 14.6. The topological polar surface area (TPSA) is 26.0 Å². The highest BCUT2D eigenvalue weighted by molar-refractivity contribution is 4.87. The average Bonchev–Trinajstić information content (AvgIpc) is 2.47. The largest absolute Gasteiger partial charge is 0.330 e. The molecule has 2 atom stereocenters. The van der Waals surface area contributed by atoms with Gasteiger partial charge >= 0.3 is 0 Å². The third-order valence-electron chi connectivity index (χ3n) is 2.78. The zero-order valence-electron chi connectivity index (χ0n) is 7.05. The van der Waals surface area contributed by atoms with Gasteiger partial charge in [-0.2, -0.15) is 0 Å². The van der Waals surface area contributed by atoms with E-state index in [4.69, 9.17) is 12.2 Å². The summed E-state index contributed by atoms with van der Waals surface area (Å²) in [6, 6.07) is 0. The Morgan fingerprint density at radius 3 is 2.73 bits per heavy atom. The van der Waals surface area contributed by atoms with Crippen molar-refractivity contribution in [1.82, 2.24) is 0 Å². The first-order valence-corrected chi connectivity index (χ1v) is 4.52. The van der Waals surface area contributed by atoms with E-state index in [2.05, 4.69) is 5.92 Å². The van der Waals surface area contributed by atoms with Gasteiger partial charge in [-0.15, -0.1) is 12.3 Å². The van der Waals surface area contributed by atoms with Crippen molar-refractivity contribution in [1.29, 1.82) is 0 Å². The lowest BCUT2D eigenvalue weighted by atomic mass is 9.92. The molecule has 2 N–H and O–H groups in total. The number of nitrogens with two attached hydrogens (primary N) is 1. The number of terminal acetylenes is 1. The quantitative estimate of drug-likeness (QED) is 0.611. The van der Waals surface area contributed by atoms with Crippen LogP contribution in [0, 0.1) is 24.2 Å². The van der Waals surface area contributed by atoms with E-state index in [0.29, 0.717) is 0 Å². The summed E-state index contributed by atoms with van der Waals surface area (Å²) in [4.78, 5) is 0. The fourth-order valence-corrected chi connectivity index (χ4v) is 2.07. The molecule has 0 saturated heterocycles. The van der Waals surface area contributed by atoms with Crippen LogP contribution in [0.1, 0.15) is 32.1 Å². The lowest BCUT2D eigenvalue weighted by Gasteiger charge is -2.15. The Kier molecular flexibility index (Phi) is 3.45. The van der Waals surface area contributed by atoms with Crippen LogP contribution in [0.5, 0.6) is 0 Å². The first-order chi connectivity index (χ1) is 5.38. The fraction of sp³-hybridized carbons (Fsp3) is 0.800. The van der Waals surface area contributed by atoms with E-state index in [9.17, 15) is 0 Å². The van der Waals surface area contributed by atoms with Crippen molar-refractivity contribution in [3.8, 4) is 12.3 Å². The summed E-state index contributed by atoms with van der Waals surface area (Å²) in [6.45, 7) is 0.856. The second kappa shape index (κ2) is 4.41. The van der Waals surface area contributed by atoms with E-state index in [1.807, 2.05) is 0 Å². The normalized spacial score (nSPS) is 30.2. The summed E-state index contributed by atoms with van der Waals surface area (Å²) >= 11 is 0. The molecule has 1 fully saturated rings. The molecule has 0 spiro atoms.